The Labute approximate surface area is 111 Å². The van der Waals surface area contributed by atoms with Crippen LogP contribution in [0.2, 0.25) is 0 Å². The predicted octanol–water partition coefficient (Wildman–Crippen LogP) is 1.47. The van der Waals surface area contributed by atoms with Crippen LogP contribution in [0.5, 0.6) is 5.75 Å². The van der Waals surface area contributed by atoms with Crippen LogP contribution in [0.1, 0.15) is 24.1 Å². The number of phenols is 1. The number of nitrogens with one attached hydrogen (secondary N) is 1. The van der Waals surface area contributed by atoms with Crippen LogP contribution < -0.4 is 5.32 Å². The number of rotatable bonds is 5. The summed E-state index contributed by atoms with van der Waals surface area (Å²) < 4.78 is 4.68. The zero-order chi connectivity index (χ0) is 14.4. The van der Waals surface area contributed by atoms with Crippen LogP contribution in [0.3, 0.4) is 0 Å². The van der Waals surface area contributed by atoms with Crippen LogP contribution in [0.25, 0.3) is 0 Å². The van der Waals surface area contributed by atoms with Gasteiger partial charge in [0.2, 0.25) is 5.91 Å². The molecule has 1 amide bonds. The van der Waals surface area contributed by atoms with Gasteiger partial charge in [0.25, 0.3) is 0 Å². The van der Waals surface area contributed by atoms with Gasteiger partial charge < -0.3 is 15.2 Å². The number of methoxy groups -OCH3 is 1. The second kappa shape index (κ2) is 6.58. The van der Waals surface area contributed by atoms with E-state index in [-0.39, 0.29) is 11.7 Å². The number of phenolic OH excluding ortho intramolecular Hbond substituents is 1. The van der Waals surface area contributed by atoms with E-state index in [1.807, 2.05) is 0 Å². The molecule has 5 nitrogen and oxygen atoms in total. The number of carbonyl (C=O) groups is 2. The summed E-state index contributed by atoms with van der Waals surface area (Å²) in [7, 11) is 1.24. The highest BCUT2D eigenvalue weighted by Gasteiger charge is 2.25. The Bertz CT molecular complexity index is 496. The van der Waals surface area contributed by atoms with Gasteiger partial charge in [-0.2, -0.15) is 0 Å². The van der Waals surface area contributed by atoms with Gasteiger partial charge in [-0.3, -0.25) is 4.79 Å². The molecule has 1 aromatic carbocycles. The maximum atomic E-state index is 11.8. The van der Waals surface area contributed by atoms with Crippen molar-refractivity contribution in [2.75, 3.05) is 7.11 Å². The molecule has 0 aliphatic heterocycles. The molecule has 0 heterocycles. The number of carbonyl (C=O) groups excluding carboxylic acids is 2. The normalized spacial score (nSPS) is 11.5. The Balaban J connectivity index is 3.28. The molecule has 102 valence electrons. The molecule has 0 saturated carbocycles. The second-order valence-electron chi connectivity index (χ2n) is 3.99. The largest absolute Gasteiger partial charge is 0.508 e. The van der Waals surface area contributed by atoms with E-state index in [1.165, 1.54) is 20.1 Å². The van der Waals surface area contributed by atoms with Crippen LogP contribution in [-0.4, -0.2) is 24.1 Å². The van der Waals surface area contributed by atoms with Crippen molar-refractivity contribution in [2.45, 2.75) is 19.4 Å². The quantitative estimate of drug-likeness (QED) is 0.623. The SMILES string of the molecule is C=CCc1c(O)cccc1C(NC(C)=O)C(=O)OC. The lowest BCUT2D eigenvalue weighted by atomic mass is 9.97. The summed E-state index contributed by atoms with van der Waals surface area (Å²) in [4.78, 5) is 23.0. The number of amides is 1. The molecule has 0 aliphatic carbocycles. The van der Waals surface area contributed by atoms with Crippen molar-refractivity contribution in [3.63, 3.8) is 0 Å². The minimum atomic E-state index is -0.940. The summed E-state index contributed by atoms with van der Waals surface area (Å²) in [5.74, 6) is -0.897. The highest BCUT2D eigenvalue weighted by Crippen LogP contribution is 2.27. The van der Waals surface area contributed by atoms with E-state index in [2.05, 4.69) is 16.6 Å². The molecular formula is C14H17NO4. The first kappa shape index (κ1) is 14.8. The Morgan fingerprint density at radius 1 is 1.53 bits per heavy atom. The minimum Gasteiger partial charge on any atom is -0.508 e. The highest BCUT2D eigenvalue weighted by atomic mass is 16.5. The Morgan fingerprint density at radius 2 is 2.21 bits per heavy atom. The molecule has 0 bridgehead atoms. The lowest BCUT2D eigenvalue weighted by Crippen LogP contribution is -2.33. The molecule has 0 aromatic heterocycles. The molecule has 0 aliphatic rings. The van der Waals surface area contributed by atoms with E-state index >= 15 is 0 Å². The number of hydrogen-bond acceptors (Lipinski definition) is 4. The molecule has 1 atom stereocenters. The van der Waals surface area contributed by atoms with Crippen molar-refractivity contribution in [1.29, 1.82) is 0 Å². The zero-order valence-electron chi connectivity index (χ0n) is 11.0. The summed E-state index contributed by atoms with van der Waals surface area (Å²) in [6.07, 6.45) is 2.00. The van der Waals surface area contributed by atoms with Gasteiger partial charge in [0.05, 0.1) is 7.11 Å². The molecule has 5 heteroatoms. The lowest BCUT2D eigenvalue weighted by molar-refractivity contribution is -0.145. The summed E-state index contributed by atoms with van der Waals surface area (Å²) in [6, 6.07) is 3.85. The standard InChI is InChI=1S/C14H17NO4/c1-4-6-10-11(7-5-8-12(10)17)13(14(18)19-3)15-9(2)16/h4-5,7-8,13,17H,1,6H2,2-3H3,(H,15,16). The fraction of sp³-hybridized carbons (Fsp3) is 0.286. The molecule has 1 rings (SSSR count). The monoisotopic (exact) mass is 263 g/mol. The Kier molecular flexibility index (Phi) is 5.11. The number of ether oxygens (including phenoxy) is 1. The van der Waals surface area contributed by atoms with E-state index in [0.29, 0.717) is 17.5 Å². The van der Waals surface area contributed by atoms with Crippen LogP contribution in [-0.2, 0) is 20.7 Å². The Hall–Kier alpha value is -2.30. The van der Waals surface area contributed by atoms with Gasteiger partial charge >= 0.3 is 5.97 Å². The fourth-order valence-electron chi connectivity index (χ4n) is 1.81. The number of benzene rings is 1. The van der Waals surface area contributed by atoms with E-state index in [9.17, 15) is 14.7 Å². The lowest BCUT2D eigenvalue weighted by Gasteiger charge is -2.19. The molecule has 1 aromatic rings. The molecule has 0 fully saturated rings. The first-order chi connectivity index (χ1) is 9.01. The van der Waals surface area contributed by atoms with Gasteiger partial charge in [0.1, 0.15) is 5.75 Å². The molecule has 1 unspecified atom stereocenters. The van der Waals surface area contributed by atoms with E-state index in [1.54, 1.807) is 18.2 Å². The molecular weight excluding hydrogens is 246 g/mol. The predicted molar refractivity (Wildman–Crippen MR) is 70.6 cm³/mol. The summed E-state index contributed by atoms with van der Waals surface area (Å²) in [6.45, 7) is 4.92. The van der Waals surface area contributed by atoms with Gasteiger partial charge in [-0.1, -0.05) is 18.2 Å². The maximum absolute atomic E-state index is 11.8. The van der Waals surface area contributed by atoms with Crippen molar-refractivity contribution in [2.24, 2.45) is 0 Å². The first-order valence-electron chi connectivity index (χ1n) is 5.77. The molecule has 2 N–H and O–H groups in total. The van der Waals surface area contributed by atoms with E-state index in [0.717, 1.165) is 0 Å². The van der Waals surface area contributed by atoms with Gasteiger partial charge in [-0.25, -0.2) is 4.79 Å². The maximum Gasteiger partial charge on any atom is 0.333 e. The molecule has 0 radical (unpaired) electrons. The summed E-state index contributed by atoms with van der Waals surface area (Å²) in [5, 5.41) is 12.4. The fourth-order valence-corrected chi connectivity index (χ4v) is 1.81. The van der Waals surface area contributed by atoms with E-state index in [4.69, 9.17) is 0 Å². The van der Waals surface area contributed by atoms with Crippen molar-refractivity contribution >= 4 is 11.9 Å². The third-order valence-electron chi connectivity index (χ3n) is 2.63. The highest BCUT2D eigenvalue weighted by molar-refractivity contribution is 5.84. The average Bonchev–Trinajstić information content (AvgIpc) is 2.37. The molecule has 0 spiro atoms. The number of aromatic hydroxyl groups is 1. The van der Waals surface area contributed by atoms with Gasteiger partial charge in [0.15, 0.2) is 6.04 Å². The van der Waals surface area contributed by atoms with E-state index < -0.39 is 12.0 Å². The zero-order valence-corrected chi connectivity index (χ0v) is 11.0. The smallest absolute Gasteiger partial charge is 0.333 e. The van der Waals surface area contributed by atoms with Gasteiger partial charge in [0, 0.05) is 12.5 Å². The average molecular weight is 263 g/mol. The third-order valence-corrected chi connectivity index (χ3v) is 2.63. The van der Waals surface area contributed by atoms with Crippen molar-refractivity contribution in [3.05, 3.63) is 42.0 Å². The minimum absolute atomic E-state index is 0.0525. The van der Waals surface area contributed by atoms with Gasteiger partial charge in [-0.05, 0) is 18.1 Å². The van der Waals surface area contributed by atoms with Crippen molar-refractivity contribution in [3.8, 4) is 5.75 Å². The summed E-state index contributed by atoms with van der Waals surface area (Å²) in [5.41, 5.74) is 1.05. The van der Waals surface area contributed by atoms with Crippen LogP contribution in [0, 0.1) is 0 Å². The topological polar surface area (TPSA) is 75.6 Å². The number of hydrogen-bond donors (Lipinski definition) is 2. The number of allylic oxidation sites excluding steroid dienone is 1. The van der Waals surface area contributed by atoms with Gasteiger partial charge in [-0.15, -0.1) is 6.58 Å². The second-order valence-corrected chi connectivity index (χ2v) is 3.99. The van der Waals surface area contributed by atoms with Crippen LogP contribution in [0.4, 0.5) is 0 Å². The van der Waals surface area contributed by atoms with Crippen molar-refractivity contribution < 1.29 is 19.4 Å². The Morgan fingerprint density at radius 3 is 2.74 bits per heavy atom. The number of esters is 1. The third kappa shape index (κ3) is 3.58. The van der Waals surface area contributed by atoms with Crippen molar-refractivity contribution in [1.82, 2.24) is 5.32 Å². The summed E-state index contributed by atoms with van der Waals surface area (Å²) >= 11 is 0. The molecule has 19 heavy (non-hydrogen) atoms. The molecule has 0 saturated heterocycles. The van der Waals surface area contributed by atoms with Crippen LogP contribution >= 0.6 is 0 Å². The first-order valence-corrected chi connectivity index (χ1v) is 5.77. The van der Waals surface area contributed by atoms with Crippen LogP contribution in [0.15, 0.2) is 30.9 Å².